The van der Waals surface area contributed by atoms with Gasteiger partial charge in [0.1, 0.15) is 6.10 Å². The van der Waals surface area contributed by atoms with Gasteiger partial charge in [-0.2, -0.15) is 0 Å². The van der Waals surface area contributed by atoms with E-state index in [1.807, 2.05) is 0 Å². The minimum Gasteiger partial charge on any atom is -0.465 e. The maximum atomic E-state index is 11.3. The zero-order chi connectivity index (χ0) is 13.1. The fraction of sp³-hybridized carbons (Fsp3) is 0.875. The topological polar surface area (TPSA) is 55.4 Å². The van der Waals surface area contributed by atoms with Crippen LogP contribution in [0.4, 0.5) is 0 Å². The van der Waals surface area contributed by atoms with E-state index < -0.39 is 27.4 Å². The molecule has 0 aromatic rings. The van der Waals surface area contributed by atoms with Crippen LogP contribution >= 0.6 is 47.0 Å². The second kappa shape index (κ2) is 6.61. The third-order valence-corrected chi connectivity index (χ3v) is 5.48. The fourth-order valence-electron chi connectivity index (χ4n) is 1.38. The highest BCUT2D eigenvalue weighted by Crippen LogP contribution is 2.18. The van der Waals surface area contributed by atoms with Crippen molar-refractivity contribution in [2.75, 3.05) is 23.3 Å². The average Bonchev–Trinajstić information content (AvgIpc) is 2.48. The molecule has 0 bridgehead atoms. The number of alkyl halides is 3. The van der Waals surface area contributed by atoms with E-state index in [1.54, 1.807) is 0 Å². The van der Waals surface area contributed by atoms with Crippen molar-refractivity contribution in [2.24, 2.45) is 0 Å². The number of thiocarbonyl (C=S) groups is 1. The first-order valence-electron chi connectivity index (χ1n) is 4.81. The molecule has 1 rings (SSSR count). The average molecular weight is 341 g/mol. The van der Waals surface area contributed by atoms with Crippen molar-refractivity contribution in [3.05, 3.63) is 0 Å². The number of hydrogen-bond acceptors (Lipinski definition) is 4. The summed E-state index contributed by atoms with van der Waals surface area (Å²) in [6, 6.07) is -0.430. The summed E-state index contributed by atoms with van der Waals surface area (Å²) in [5.41, 5.74) is 0. The number of halogens is 3. The Balaban J connectivity index is 2.47. The largest absolute Gasteiger partial charge is 0.465 e. The van der Waals surface area contributed by atoms with Gasteiger partial charge < -0.3 is 10.1 Å². The summed E-state index contributed by atoms with van der Waals surface area (Å²) in [6.45, 7) is 0. The Bertz CT molecular complexity index is 372. The van der Waals surface area contributed by atoms with Gasteiger partial charge in [-0.05, 0) is 12.2 Å². The molecule has 0 aromatic carbocycles. The van der Waals surface area contributed by atoms with Crippen molar-refractivity contribution < 1.29 is 13.2 Å². The number of nitrogens with one attached hydrogen (secondary N) is 1. The number of ether oxygens (including phenoxy) is 1. The maximum Gasteiger partial charge on any atom is 0.257 e. The molecule has 1 N–H and O–H groups in total. The van der Waals surface area contributed by atoms with Gasteiger partial charge in [0.25, 0.3) is 5.17 Å². The lowest BCUT2D eigenvalue weighted by Gasteiger charge is -2.19. The third-order valence-electron chi connectivity index (χ3n) is 2.20. The fourth-order valence-corrected chi connectivity index (χ4v) is 4.67. The minimum absolute atomic E-state index is 0.0446. The first kappa shape index (κ1) is 15.6. The number of rotatable bonds is 4. The molecular weight excluding hydrogens is 329 g/mol. The molecule has 17 heavy (non-hydrogen) atoms. The molecular formula is C8H12Cl3NO3S2. The summed E-state index contributed by atoms with van der Waals surface area (Å²) < 4.78 is 27.9. The van der Waals surface area contributed by atoms with E-state index in [9.17, 15) is 8.42 Å². The molecule has 100 valence electrons. The zero-order valence-electron chi connectivity index (χ0n) is 8.74. The van der Waals surface area contributed by atoms with Crippen LogP contribution in [0.25, 0.3) is 0 Å². The standard InChI is InChI=1S/C8H12Cl3NO3S2/c9-1-5(2-10)15-8(16)12-7-4-17(13,14)3-6(7)11/h5-7H,1-4H2,(H,12,16). The van der Waals surface area contributed by atoms with Crippen molar-refractivity contribution in [3.8, 4) is 0 Å². The Hall–Kier alpha value is 0.510. The summed E-state index contributed by atoms with van der Waals surface area (Å²) in [5.74, 6) is 0.317. The second-order valence-electron chi connectivity index (χ2n) is 3.68. The summed E-state index contributed by atoms with van der Waals surface area (Å²) in [6.07, 6.45) is -0.398. The van der Waals surface area contributed by atoms with Crippen LogP contribution in [0.1, 0.15) is 0 Å². The van der Waals surface area contributed by atoms with Crippen LogP contribution in [0.3, 0.4) is 0 Å². The molecule has 1 heterocycles. The summed E-state index contributed by atoms with van der Waals surface area (Å²) in [7, 11) is -3.09. The molecule has 2 unspecified atom stereocenters. The van der Waals surface area contributed by atoms with E-state index in [4.69, 9.17) is 51.8 Å². The molecule has 1 saturated heterocycles. The van der Waals surface area contributed by atoms with Crippen LogP contribution in [0.5, 0.6) is 0 Å². The smallest absolute Gasteiger partial charge is 0.257 e. The highest BCUT2D eigenvalue weighted by atomic mass is 35.5. The van der Waals surface area contributed by atoms with Gasteiger partial charge in [0.05, 0.1) is 34.7 Å². The second-order valence-corrected chi connectivity index (χ2v) is 7.38. The van der Waals surface area contributed by atoms with Crippen molar-refractivity contribution in [2.45, 2.75) is 17.5 Å². The molecule has 0 radical (unpaired) electrons. The molecule has 2 atom stereocenters. The van der Waals surface area contributed by atoms with Crippen LogP contribution in [0.15, 0.2) is 0 Å². The van der Waals surface area contributed by atoms with E-state index in [-0.39, 0.29) is 28.4 Å². The lowest BCUT2D eigenvalue weighted by Crippen LogP contribution is -2.42. The quantitative estimate of drug-likeness (QED) is 0.614. The van der Waals surface area contributed by atoms with Gasteiger partial charge in [-0.25, -0.2) is 8.42 Å². The van der Waals surface area contributed by atoms with Gasteiger partial charge in [0, 0.05) is 0 Å². The Labute approximate surface area is 121 Å². The molecule has 0 spiro atoms. The summed E-state index contributed by atoms with van der Waals surface area (Å²) in [5, 5.41) is 2.33. The lowest BCUT2D eigenvalue weighted by molar-refractivity contribution is 0.228. The third kappa shape index (κ3) is 4.95. The molecule has 9 heteroatoms. The van der Waals surface area contributed by atoms with Gasteiger partial charge in [-0.3, -0.25) is 0 Å². The predicted molar refractivity (Wildman–Crippen MR) is 74.1 cm³/mol. The minimum atomic E-state index is -3.09. The first-order valence-corrected chi connectivity index (χ1v) is 8.55. The highest BCUT2D eigenvalue weighted by Gasteiger charge is 2.37. The van der Waals surface area contributed by atoms with E-state index in [2.05, 4.69) is 5.32 Å². The van der Waals surface area contributed by atoms with Crippen molar-refractivity contribution >= 4 is 62.0 Å². The Morgan fingerprint density at radius 1 is 1.41 bits per heavy atom. The van der Waals surface area contributed by atoms with E-state index in [0.717, 1.165) is 0 Å². The summed E-state index contributed by atoms with van der Waals surface area (Å²) in [4.78, 5) is 0. The molecule has 0 aromatic heterocycles. The normalized spacial score (nSPS) is 27.1. The molecule has 4 nitrogen and oxygen atoms in total. The number of hydrogen-bond donors (Lipinski definition) is 1. The maximum absolute atomic E-state index is 11.3. The SMILES string of the molecule is O=S1(=O)CC(Cl)C(NC(=S)OC(CCl)CCl)C1. The summed E-state index contributed by atoms with van der Waals surface area (Å²) >= 11 is 22.0. The molecule has 1 aliphatic rings. The lowest BCUT2D eigenvalue weighted by atomic mass is 10.3. The van der Waals surface area contributed by atoms with Crippen molar-refractivity contribution in [1.29, 1.82) is 0 Å². The van der Waals surface area contributed by atoms with E-state index in [0.29, 0.717) is 0 Å². The Morgan fingerprint density at radius 2 is 2.00 bits per heavy atom. The Morgan fingerprint density at radius 3 is 2.41 bits per heavy atom. The van der Waals surface area contributed by atoms with Gasteiger partial charge in [0.2, 0.25) is 0 Å². The van der Waals surface area contributed by atoms with Crippen LogP contribution < -0.4 is 5.32 Å². The molecule has 1 aliphatic heterocycles. The molecule has 1 fully saturated rings. The van der Waals surface area contributed by atoms with Crippen LogP contribution in [0.2, 0.25) is 0 Å². The van der Waals surface area contributed by atoms with Gasteiger partial charge >= 0.3 is 0 Å². The van der Waals surface area contributed by atoms with E-state index >= 15 is 0 Å². The first-order chi connectivity index (χ1) is 7.88. The predicted octanol–water partition coefficient (Wildman–Crippen LogP) is 1.13. The molecule has 0 aliphatic carbocycles. The monoisotopic (exact) mass is 339 g/mol. The Kier molecular flexibility index (Phi) is 6.05. The van der Waals surface area contributed by atoms with Crippen LogP contribution in [-0.4, -0.2) is 54.4 Å². The number of sulfone groups is 1. The van der Waals surface area contributed by atoms with Crippen LogP contribution in [0, 0.1) is 0 Å². The highest BCUT2D eigenvalue weighted by molar-refractivity contribution is 7.91. The molecule has 0 saturated carbocycles. The van der Waals surface area contributed by atoms with Gasteiger partial charge in [-0.1, -0.05) is 0 Å². The van der Waals surface area contributed by atoms with Gasteiger partial charge in [-0.15, -0.1) is 34.8 Å². The van der Waals surface area contributed by atoms with Crippen molar-refractivity contribution in [3.63, 3.8) is 0 Å². The van der Waals surface area contributed by atoms with Gasteiger partial charge in [0.15, 0.2) is 9.84 Å². The van der Waals surface area contributed by atoms with Crippen LogP contribution in [-0.2, 0) is 14.6 Å². The van der Waals surface area contributed by atoms with E-state index in [1.165, 1.54) is 0 Å². The molecule has 0 amide bonds. The van der Waals surface area contributed by atoms with Crippen molar-refractivity contribution in [1.82, 2.24) is 5.32 Å². The zero-order valence-corrected chi connectivity index (χ0v) is 12.6.